The molecule has 2 fully saturated rings. The molecule has 0 unspecified atom stereocenters. The monoisotopic (exact) mass is 423 g/mol. The van der Waals surface area contributed by atoms with Gasteiger partial charge in [-0.25, -0.2) is 0 Å². The van der Waals surface area contributed by atoms with Gasteiger partial charge in [-0.1, -0.05) is 42.8 Å². The fraction of sp³-hybridized carbons (Fsp3) is 0.393. The molecule has 3 aliphatic rings. The Morgan fingerprint density at radius 2 is 1.72 bits per heavy atom. The fourth-order valence-electron chi connectivity index (χ4n) is 6.51. The number of nitrogens with zero attached hydrogens (tertiary/aromatic N) is 2. The van der Waals surface area contributed by atoms with Crippen LogP contribution < -0.4 is 0 Å². The van der Waals surface area contributed by atoms with Crippen molar-refractivity contribution in [3.63, 3.8) is 0 Å². The molecule has 2 aromatic heterocycles. The van der Waals surface area contributed by atoms with E-state index in [-0.39, 0.29) is 5.92 Å². The molecule has 32 heavy (non-hydrogen) atoms. The van der Waals surface area contributed by atoms with E-state index < -0.39 is 0 Å². The number of carbonyl (C=O) groups is 1. The summed E-state index contributed by atoms with van der Waals surface area (Å²) in [5, 5.41) is 2.70. The maximum Gasteiger partial charge on any atom is 0.225 e. The lowest BCUT2D eigenvalue weighted by Crippen LogP contribution is -2.37. The van der Waals surface area contributed by atoms with Crippen LogP contribution in [0.5, 0.6) is 0 Å². The number of amides is 1. The Balaban J connectivity index is 1.36. The van der Waals surface area contributed by atoms with Gasteiger partial charge < -0.3 is 14.5 Å². The van der Waals surface area contributed by atoms with Crippen molar-refractivity contribution in [3.8, 4) is 0 Å². The van der Waals surface area contributed by atoms with Crippen LogP contribution in [0.3, 0.4) is 0 Å². The van der Waals surface area contributed by atoms with Crippen molar-refractivity contribution >= 4 is 27.7 Å². The Morgan fingerprint density at radius 3 is 2.56 bits per heavy atom. The van der Waals surface area contributed by atoms with E-state index in [0.717, 1.165) is 32.5 Å². The zero-order valence-corrected chi connectivity index (χ0v) is 18.4. The summed E-state index contributed by atoms with van der Waals surface area (Å²) < 4.78 is 2.48. The number of benzene rings is 2. The number of fused-ring (bicyclic) bond motifs is 1. The zero-order chi connectivity index (χ0) is 21.2. The molecule has 1 N–H and O–H groups in total. The molecule has 4 nitrogen and oxygen atoms in total. The molecule has 1 amide bonds. The summed E-state index contributed by atoms with van der Waals surface area (Å²) in [5.74, 6) is 1.29. The van der Waals surface area contributed by atoms with Gasteiger partial charge in [0.1, 0.15) is 0 Å². The number of hydrogen-bond donors (Lipinski definition) is 1. The second-order valence-corrected chi connectivity index (χ2v) is 10.1. The second kappa shape index (κ2) is 6.99. The number of nitrogens with one attached hydrogen (secondary N) is 1. The summed E-state index contributed by atoms with van der Waals surface area (Å²) in [6.45, 7) is 2.76. The van der Waals surface area contributed by atoms with Crippen molar-refractivity contribution in [2.45, 2.75) is 50.5 Å². The molecule has 1 aliphatic carbocycles. The third-order valence-corrected chi connectivity index (χ3v) is 8.36. The average Bonchev–Trinajstić information content (AvgIpc) is 3.48. The molecule has 1 saturated carbocycles. The summed E-state index contributed by atoms with van der Waals surface area (Å²) in [6, 6.07) is 15.4. The van der Waals surface area contributed by atoms with Gasteiger partial charge in [0.2, 0.25) is 5.91 Å². The predicted molar refractivity (Wildman–Crippen MR) is 128 cm³/mol. The molecule has 4 aromatic rings. The number of aromatic amines is 1. The molecule has 2 atom stereocenters. The number of hydrogen-bond acceptors (Lipinski definition) is 1. The Hall–Kier alpha value is -3.01. The van der Waals surface area contributed by atoms with E-state index in [1.165, 1.54) is 57.8 Å². The SMILES string of the molecule is O=C(C1CCC1)N1C[C@@H](c2c[nH]c3ccccc23)[C@H](c2cn3c4c(cccc24)CCC3)C1. The number of aryl methyl sites for hydroxylation is 2. The van der Waals surface area contributed by atoms with Crippen LogP contribution in [0.4, 0.5) is 0 Å². The van der Waals surface area contributed by atoms with Gasteiger partial charge in [0.25, 0.3) is 0 Å². The third kappa shape index (κ3) is 2.65. The highest BCUT2D eigenvalue weighted by Gasteiger charge is 2.42. The third-order valence-electron chi connectivity index (χ3n) is 8.36. The molecule has 4 heterocycles. The van der Waals surface area contributed by atoms with E-state index in [1.54, 1.807) is 0 Å². The van der Waals surface area contributed by atoms with Crippen LogP contribution in [0, 0.1) is 5.92 Å². The van der Waals surface area contributed by atoms with E-state index >= 15 is 0 Å². The summed E-state index contributed by atoms with van der Waals surface area (Å²) >= 11 is 0. The summed E-state index contributed by atoms with van der Waals surface area (Å²) in [4.78, 5) is 19.0. The molecule has 4 heteroatoms. The lowest BCUT2D eigenvalue weighted by Gasteiger charge is -2.29. The Labute approximate surface area is 188 Å². The van der Waals surface area contributed by atoms with Crippen LogP contribution in [-0.2, 0) is 17.8 Å². The van der Waals surface area contributed by atoms with Gasteiger partial charge in [-0.05, 0) is 48.4 Å². The number of H-pyrrole nitrogens is 1. The van der Waals surface area contributed by atoms with Gasteiger partial charge in [-0.15, -0.1) is 0 Å². The van der Waals surface area contributed by atoms with Gasteiger partial charge in [0.05, 0.1) is 5.52 Å². The van der Waals surface area contributed by atoms with Crippen molar-refractivity contribution < 1.29 is 4.79 Å². The number of rotatable bonds is 3. The smallest absolute Gasteiger partial charge is 0.225 e. The van der Waals surface area contributed by atoms with Crippen LogP contribution in [0.2, 0.25) is 0 Å². The molecule has 0 spiro atoms. The van der Waals surface area contributed by atoms with Crippen molar-refractivity contribution in [3.05, 3.63) is 71.5 Å². The highest BCUT2D eigenvalue weighted by atomic mass is 16.2. The van der Waals surface area contributed by atoms with E-state index in [0.29, 0.717) is 17.7 Å². The lowest BCUT2D eigenvalue weighted by molar-refractivity contribution is -0.137. The highest BCUT2D eigenvalue weighted by Crippen LogP contribution is 2.46. The van der Waals surface area contributed by atoms with Gasteiger partial charge in [0, 0.05) is 66.1 Å². The fourth-order valence-corrected chi connectivity index (χ4v) is 6.51. The molecular weight excluding hydrogens is 394 g/mol. The maximum absolute atomic E-state index is 13.3. The van der Waals surface area contributed by atoms with Crippen LogP contribution in [0.15, 0.2) is 54.9 Å². The van der Waals surface area contributed by atoms with Crippen LogP contribution in [0.1, 0.15) is 54.2 Å². The topological polar surface area (TPSA) is 41.0 Å². The average molecular weight is 424 g/mol. The lowest BCUT2D eigenvalue weighted by atomic mass is 9.83. The summed E-state index contributed by atoms with van der Waals surface area (Å²) in [5.41, 5.74) is 6.89. The zero-order valence-electron chi connectivity index (χ0n) is 18.4. The minimum Gasteiger partial charge on any atom is -0.361 e. The Bertz CT molecular complexity index is 1340. The van der Waals surface area contributed by atoms with Crippen molar-refractivity contribution in [2.75, 3.05) is 13.1 Å². The van der Waals surface area contributed by atoms with Crippen LogP contribution in [0.25, 0.3) is 21.8 Å². The number of likely N-dealkylation sites (tertiary alicyclic amines) is 1. The summed E-state index contributed by atoms with van der Waals surface area (Å²) in [6.07, 6.45) is 10.3. The van der Waals surface area contributed by atoms with Gasteiger partial charge in [0.15, 0.2) is 0 Å². The first-order chi connectivity index (χ1) is 15.8. The van der Waals surface area contributed by atoms with Crippen LogP contribution in [-0.4, -0.2) is 33.4 Å². The predicted octanol–water partition coefficient (Wildman–Crippen LogP) is 5.58. The van der Waals surface area contributed by atoms with Crippen LogP contribution >= 0.6 is 0 Å². The molecule has 2 aliphatic heterocycles. The van der Waals surface area contributed by atoms with Crippen molar-refractivity contribution in [2.24, 2.45) is 5.92 Å². The molecular formula is C28H29N3O. The molecule has 0 bridgehead atoms. The van der Waals surface area contributed by atoms with E-state index in [2.05, 4.69) is 69.3 Å². The Kier molecular flexibility index (Phi) is 4.06. The second-order valence-electron chi connectivity index (χ2n) is 10.1. The largest absolute Gasteiger partial charge is 0.361 e. The minimum atomic E-state index is 0.257. The maximum atomic E-state index is 13.3. The number of aromatic nitrogens is 2. The molecule has 7 rings (SSSR count). The van der Waals surface area contributed by atoms with Gasteiger partial charge in [-0.2, -0.15) is 0 Å². The molecule has 1 saturated heterocycles. The van der Waals surface area contributed by atoms with Gasteiger partial charge >= 0.3 is 0 Å². The minimum absolute atomic E-state index is 0.257. The van der Waals surface area contributed by atoms with Gasteiger partial charge in [-0.3, -0.25) is 4.79 Å². The van der Waals surface area contributed by atoms with E-state index in [1.807, 2.05) is 0 Å². The van der Waals surface area contributed by atoms with Crippen molar-refractivity contribution in [1.82, 2.24) is 14.5 Å². The summed E-state index contributed by atoms with van der Waals surface area (Å²) in [7, 11) is 0. The van der Waals surface area contributed by atoms with Crippen molar-refractivity contribution in [1.29, 1.82) is 0 Å². The first-order valence-corrected chi connectivity index (χ1v) is 12.2. The normalized spacial score (nSPS) is 23.2. The quantitative estimate of drug-likeness (QED) is 0.459. The first-order valence-electron chi connectivity index (χ1n) is 12.2. The molecule has 0 radical (unpaired) electrons. The number of carbonyl (C=O) groups excluding carboxylic acids is 1. The Morgan fingerprint density at radius 1 is 0.906 bits per heavy atom. The standard InChI is InChI=1S/C28H29N3O/c32-28(19-7-3-8-19)31-16-24(22-14-29-26-12-2-1-10-20(22)26)25(17-31)23-15-30-13-5-9-18-6-4-11-21(23)27(18)30/h1-2,4,6,10-12,14-15,19,24-25,29H,3,5,7-9,13,16-17H2/t24-,25-/m0/s1. The highest BCUT2D eigenvalue weighted by molar-refractivity contribution is 5.89. The number of para-hydroxylation sites is 2. The molecule has 162 valence electrons. The molecule has 2 aromatic carbocycles. The van der Waals surface area contributed by atoms with E-state index in [9.17, 15) is 4.79 Å². The first kappa shape index (κ1) is 18.6. The van der Waals surface area contributed by atoms with E-state index in [4.69, 9.17) is 0 Å².